The van der Waals surface area contributed by atoms with Crippen molar-refractivity contribution in [3.05, 3.63) is 64.7 Å². The molecule has 2 aromatic rings. The van der Waals surface area contributed by atoms with Crippen LogP contribution in [0.4, 0.5) is 0 Å². The summed E-state index contributed by atoms with van der Waals surface area (Å²) in [5.41, 5.74) is 2.00. The number of nitrogens with one attached hydrogen (secondary N) is 2. The van der Waals surface area contributed by atoms with Gasteiger partial charge in [-0.05, 0) is 36.2 Å². The Balaban J connectivity index is 1.79. The van der Waals surface area contributed by atoms with Crippen molar-refractivity contribution >= 4 is 17.5 Å². The Morgan fingerprint density at radius 1 is 1.13 bits per heavy atom. The number of carbonyl (C=O) groups is 1. The molecule has 0 saturated carbocycles. The van der Waals surface area contributed by atoms with Crippen molar-refractivity contribution in [2.75, 3.05) is 7.11 Å². The van der Waals surface area contributed by atoms with E-state index in [2.05, 4.69) is 10.6 Å². The molecule has 1 amide bonds. The van der Waals surface area contributed by atoms with Crippen LogP contribution in [0.5, 0.6) is 5.75 Å². The van der Waals surface area contributed by atoms with Crippen LogP contribution in [-0.4, -0.2) is 19.1 Å². The lowest BCUT2D eigenvalue weighted by molar-refractivity contribution is -0.122. The molecule has 0 bridgehead atoms. The maximum atomic E-state index is 12.1. The second kappa shape index (κ2) is 8.56. The first-order valence-electron chi connectivity index (χ1n) is 7.47. The molecule has 0 aliphatic heterocycles. The fraction of sp³-hybridized carbons (Fsp3) is 0.278. The molecular formula is C18H21ClN2O2. The van der Waals surface area contributed by atoms with Crippen molar-refractivity contribution in [2.24, 2.45) is 0 Å². The topological polar surface area (TPSA) is 50.4 Å². The summed E-state index contributed by atoms with van der Waals surface area (Å²) in [4.78, 5) is 12.1. The SMILES string of the molecule is COc1ccc(CNC(=O)[C@@H](C)NCc2ccccc2Cl)cc1. The van der Waals surface area contributed by atoms with Gasteiger partial charge in [-0.3, -0.25) is 4.79 Å². The molecule has 0 unspecified atom stereocenters. The van der Waals surface area contributed by atoms with Gasteiger partial charge >= 0.3 is 0 Å². The van der Waals surface area contributed by atoms with E-state index in [1.165, 1.54) is 0 Å². The predicted octanol–water partition coefficient (Wildman–Crippen LogP) is 3.14. The summed E-state index contributed by atoms with van der Waals surface area (Å²) in [6, 6.07) is 14.9. The van der Waals surface area contributed by atoms with Crippen LogP contribution in [0.25, 0.3) is 0 Å². The first-order chi connectivity index (χ1) is 11.1. The van der Waals surface area contributed by atoms with Crippen molar-refractivity contribution in [1.29, 1.82) is 0 Å². The molecule has 0 aliphatic rings. The minimum absolute atomic E-state index is 0.0483. The summed E-state index contributed by atoms with van der Waals surface area (Å²) in [6.45, 7) is 2.87. The van der Waals surface area contributed by atoms with E-state index >= 15 is 0 Å². The van der Waals surface area contributed by atoms with Crippen molar-refractivity contribution in [2.45, 2.75) is 26.1 Å². The molecule has 0 spiro atoms. The van der Waals surface area contributed by atoms with Crippen molar-refractivity contribution in [1.82, 2.24) is 10.6 Å². The van der Waals surface area contributed by atoms with E-state index in [0.29, 0.717) is 18.1 Å². The number of hydrogen-bond acceptors (Lipinski definition) is 3. The number of benzene rings is 2. The van der Waals surface area contributed by atoms with Crippen molar-refractivity contribution < 1.29 is 9.53 Å². The number of ether oxygens (including phenoxy) is 1. The third-order valence-electron chi connectivity index (χ3n) is 3.58. The Bertz CT molecular complexity index is 644. The second-order valence-electron chi connectivity index (χ2n) is 5.26. The zero-order valence-electron chi connectivity index (χ0n) is 13.3. The van der Waals surface area contributed by atoms with Gasteiger partial charge in [0, 0.05) is 18.1 Å². The highest BCUT2D eigenvalue weighted by Gasteiger charge is 2.12. The number of halogens is 1. The van der Waals surface area contributed by atoms with Crippen molar-refractivity contribution in [3.63, 3.8) is 0 Å². The van der Waals surface area contributed by atoms with E-state index in [0.717, 1.165) is 16.9 Å². The van der Waals surface area contributed by atoms with Crippen molar-refractivity contribution in [3.8, 4) is 5.75 Å². The minimum atomic E-state index is -0.301. The summed E-state index contributed by atoms with van der Waals surface area (Å²) in [6.07, 6.45) is 0. The van der Waals surface area contributed by atoms with Gasteiger partial charge in [0.25, 0.3) is 0 Å². The molecular weight excluding hydrogens is 312 g/mol. The van der Waals surface area contributed by atoms with Crippen LogP contribution in [0.2, 0.25) is 5.02 Å². The van der Waals surface area contributed by atoms with Crippen LogP contribution in [-0.2, 0) is 17.9 Å². The predicted molar refractivity (Wildman–Crippen MR) is 92.6 cm³/mol. The largest absolute Gasteiger partial charge is 0.497 e. The molecule has 0 aromatic heterocycles. The van der Waals surface area contributed by atoms with Gasteiger partial charge in [0.15, 0.2) is 0 Å². The van der Waals surface area contributed by atoms with Gasteiger partial charge in [0.1, 0.15) is 5.75 Å². The van der Waals surface area contributed by atoms with E-state index in [1.54, 1.807) is 7.11 Å². The third-order valence-corrected chi connectivity index (χ3v) is 3.94. The number of carbonyl (C=O) groups excluding carboxylic acids is 1. The number of methoxy groups -OCH3 is 1. The number of rotatable bonds is 7. The molecule has 0 aliphatic carbocycles. The molecule has 2 aromatic carbocycles. The second-order valence-corrected chi connectivity index (χ2v) is 5.67. The maximum Gasteiger partial charge on any atom is 0.237 e. The summed E-state index contributed by atoms with van der Waals surface area (Å²) >= 11 is 6.10. The zero-order chi connectivity index (χ0) is 16.7. The van der Waals surface area contributed by atoms with Gasteiger partial charge in [0.05, 0.1) is 13.2 Å². The first-order valence-corrected chi connectivity index (χ1v) is 7.85. The highest BCUT2D eigenvalue weighted by molar-refractivity contribution is 6.31. The maximum absolute atomic E-state index is 12.1. The van der Waals surface area contributed by atoms with Crippen LogP contribution in [0.1, 0.15) is 18.1 Å². The lowest BCUT2D eigenvalue weighted by Gasteiger charge is -2.15. The fourth-order valence-corrected chi connectivity index (χ4v) is 2.29. The van der Waals surface area contributed by atoms with Crippen LogP contribution in [0, 0.1) is 0 Å². The quantitative estimate of drug-likeness (QED) is 0.819. The zero-order valence-corrected chi connectivity index (χ0v) is 14.1. The van der Waals surface area contributed by atoms with Crippen LogP contribution >= 0.6 is 11.6 Å². The Kier molecular flexibility index (Phi) is 6.44. The Morgan fingerprint density at radius 2 is 1.83 bits per heavy atom. The van der Waals surface area contributed by atoms with Crippen LogP contribution in [0.3, 0.4) is 0 Å². The Labute approximate surface area is 141 Å². The minimum Gasteiger partial charge on any atom is -0.497 e. The highest BCUT2D eigenvalue weighted by atomic mass is 35.5. The smallest absolute Gasteiger partial charge is 0.237 e. The number of amides is 1. The molecule has 23 heavy (non-hydrogen) atoms. The van der Waals surface area contributed by atoms with E-state index < -0.39 is 0 Å². The molecule has 0 fully saturated rings. The van der Waals surface area contributed by atoms with Gasteiger partial charge in [-0.1, -0.05) is 41.9 Å². The lowest BCUT2D eigenvalue weighted by Crippen LogP contribution is -2.41. The fourth-order valence-electron chi connectivity index (χ4n) is 2.08. The molecule has 0 heterocycles. The Hall–Kier alpha value is -2.04. The molecule has 2 N–H and O–H groups in total. The first kappa shape index (κ1) is 17.3. The van der Waals surface area contributed by atoms with E-state index in [4.69, 9.17) is 16.3 Å². The summed E-state index contributed by atoms with van der Waals surface area (Å²) < 4.78 is 5.11. The summed E-state index contributed by atoms with van der Waals surface area (Å²) in [5, 5.41) is 6.79. The molecule has 4 nitrogen and oxygen atoms in total. The lowest BCUT2D eigenvalue weighted by atomic mass is 10.2. The van der Waals surface area contributed by atoms with Gasteiger partial charge in [-0.15, -0.1) is 0 Å². The Morgan fingerprint density at radius 3 is 2.48 bits per heavy atom. The summed E-state index contributed by atoms with van der Waals surface area (Å²) in [7, 11) is 1.63. The molecule has 1 atom stereocenters. The van der Waals surface area contributed by atoms with Crippen LogP contribution in [0.15, 0.2) is 48.5 Å². The van der Waals surface area contributed by atoms with E-state index in [-0.39, 0.29) is 11.9 Å². The molecule has 0 radical (unpaired) electrons. The monoisotopic (exact) mass is 332 g/mol. The normalized spacial score (nSPS) is 11.8. The van der Waals surface area contributed by atoms with Crippen LogP contribution < -0.4 is 15.4 Å². The number of hydrogen-bond donors (Lipinski definition) is 2. The van der Waals surface area contributed by atoms with Gasteiger partial charge < -0.3 is 15.4 Å². The molecule has 2 rings (SSSR count). The highest BCUT2D eigenvalue weighted by Crippen LogP contribution is 2.14. The summed E-state index contributed by atoms with van der Waals surface area (Å²) in [5.74, 6) is 0.753. The van der Waals surface area contributed by atoms with Gasteiger partial charge in [-0.25, -0.2) is 0 Å². The third kappa shape index (κ3) is 5.27. The van der Waals surface area contributed by atoms with E-state index in [1.807, 2.05) is 55.5 Å². The standard InChI is InChI=1S/C18H21ClN2O2/c1-13(20-12-15-5-3-4-6-17(15)19)18(22)21-11-14-7-9-16(23-2)10-8-14/h3-10,13,20H,11-12H2,1-2H3,(H,21,22)/t13-/m1/s1. The molecule has 0 saturated heterocycles. The van der Waals surface area contributed by atoms with E-state index in [9.17, 15) is 4.79 Å². The average Bonchev–Trinajstić information content (AvgIpc) is 2.59. The molecule has 5 heteroatoms. The average molecular weight is 333 g/mol. The van der Waals surface area contributed by atoms with Gasteiger partial charge in [-0.2, -0.15) is 0 Å². The van der Waals surface area contributed by atoms with Gasteiger partial charge in [0.2, 0.25) is 5.91 Å². The molecule has 122 valence electrons.